The molecule has 0 fully saturated rings. The lowest BCUT2D eigenvalue weighted by Crippen LogP contribution is -2.14. The molecule has 0 unspecified atom stereocenters. The average molecular weight is 441 g/mol. The molecule has 7 heteroatoms. The maximum absolute atomic E-state index is 13.7. The summed E-state index contributed by atoms with van der Waals surface area (Å²) in [6, 6.07) is 19.7. The summed E-state index contributed by atoms with van der Waals surface area (Å²) in [7, 11) is 0. The number of anilines is 1. The Kier molecular flexibility index (Phi) is 7.08. The van der Waals surface area contributed by atoms with Gasteiger partial charge < -0.3 is 10.1 Å². The van der Waals surface area contributed by atoms with Crippen LogP contribution in [0, 0.1) is 17.1 Å². The number of nitriles is 1. The molecule has 0 aliphatic heterocycles. The number of carbonyl (C=O) groups is 1. The summed E-state index contributed by atoms with van der Waals surface area (Å²) < 4.78 is 19.4. The zero-order chi connectivity index (χ0) is 21.5. The van der Waals surface area contributed by atoms with Crippen LogP contribution in [0.4, 0.5) is 10.1 Å². The minimum atomic E-state index is -0.724. The molecular weight excluding hydrogens is 426 g/mol. The number of benzene rings is 3. The predicted octanol–water partition coefficient (Wildman–Crippen LogP) is 6.26. The number of carbonyl (C=O) groups excluding carboxylic acids is 1. The van der Waals surface area contributed by atoms with Gasteiger partial charge in [-0.3, -0.25) is 4.79 Å². The standard InChI is InChI=1S/C23H15Cl2FN2O2/c24-18-6-2-1-5-16(18)14-30-22-10-9-15(12-19(22)25)11-17(13-27)23(29)28-21-8-4-3-7-20(21)26/h1-12H,14H2,(H,28,29)/b17-11+. The Hall–Kier alpha value is -3.33. The summed E-state index contributed by atoms with van der Waals surface area (Å²) >= 11 is 12.4. The van der Waals surface area contributed by atoms with Crippen molar-refractivity contribution in [3.63, 3.8) is 0 Å². The normalized spacial score (nSPS) is 10.9. The van der Waals surface area contributed by atoms with Crippen molar-refractivity contribution < 1.29 is 13.9 Å². The molecule has 0 heterocycles. The number of hydrogen-bond donors (Lipinski definition) is 1. The molecule has 3 aromatic carbocycles. The first kappa shape index (κ1) is 21.4. The number of rotatable bonds is 6. The Labute approximate surface area is 183 Å². The molecule has 0 aromatic heterocycles. The first-order chi connectivity index (χ1) is 14.5. The van der Waals surface area contributed by atoms with E-state index in [1.54, 1.807) is 30.3 Å². The molecule has 0 bridgehead atoms. The molecule has 1 amide bonds. The molecule has 0 saturated carbocycles. The molecule has 150 valence electrons. The minimum Gasteiger partial charge on any atom is -0.487 e. The van der Waals surface area contributed by atoms with Crippen LogP contribution in [0.1, 0.15) is 11.1 Å². The van der Waals surface area contributed by atoms with Gasteiger partial charge in [-0.25, -0.2) is 4.39 Å². The summed E-state index contributed by atoms with van der Waals surface area (Å²) in [5.74, 6) is -0.882. The highest BCUT2D eigenvalue weighted by atomic mass is 35.5. The van der Waals surface area contributed by atoms with E-state index in [9.17, 15) is 14.4 Å². The SMILES string of the molecule is N#C/C(=C\c1ccc(OCc2ccccc2Cl)c(Cl)c1)C(=O)Nc1ccccc1F. The molecule has 0 saturated heterocycles. The fraction of sp³-hybridized carbons (Fsp3) is 0.0435. The molecule has 3 rings (SSSR count). The zero-order valence-corrected chi connectivity index (χ0v) is 17.0. The van der Waals surface area contributed by atoms with Crippen molar-refractivity contribution in [2.75, 3.05) is 5.32 Å². The first-order valence-corrected chi connectivity index (χ1v) is 9.57. The van der Waals surface area contributed by atoms with Crippen molar-refractivity contribution in [3.05, 3.63) is 99.3 Å². The first-order valence-electron chi connectivity index (χ1n) is 8.81. The monoisotopic (exact) mass is 440 g/mol. The van der Waals surface area contributed by atoms with E-state index in [2.05, 4.69) is 5.32 Å². The number of ether oxygens (including phenoxy) is 1. The second-order valence-electron chi connectivity index (χ2n) is 6.17. The van der Waals surface area contributed by atoms with Crippen LogP contribution in [0.25, 0.3) is 6.08 Å². The topological polar surface area (TPSA) is 62.1 Å². The molecule has 0 atom stereocenters. The molecule has 0 aliphatic carbocycles. The Morgan fingerprint density at radius 2 is 1.80 bits per heavy atom. The summed E-state index contributed by atoms with van der Waals surface area (Å²) in [6.07, 6.45) is 1.36. The van der Waals surface area contributed by atoms with Gasteiger partial charge in [0.2, 0.25) is 0 Å². The van der Waals surface area contributed by atoms with Crippen LogP contribution >= 0.6 is 23.2 Å². The quantitative estimate of drug-likeness (QED) is 0.363. The summed E-state index contributed by atoms with van der Waals surface area (Å²) in [5.41, 5.74) is 1.13. The van der Waals surface area contributed by atoms with Gasteiger partial charge in [-0.2, -0.15) is 5.26 Å². The molecule has 0 radical (unpaired) electrons. The summed E-state index contributed by atoms with van der Waals surface area (Å²) in [4.78, 5) is 12.3. The van der Waals surface area contributed by atoms with Crippen molar-refractivity contribution in [1.82, 2.24) is 0 Å². The predicted molar refractivity (Wildman–Crippen MR) is 116 cm³/mol. The van der Waals surface area contributed by atoms with Gasteiger partial charge in [0, 0.05) is 10.6 Å². The Balaban J connectivity index is 1.73. The number of nitrogens with zero attached hydrogens (tertiary/aromatic N) is 1. The third-order valence-corrected chi connectivity index (χ3v) is 4.76. The number of hydrogen-bond acceptors (Lipinski definition) is 3. The van der Waals surface area contributed by atoms with Gasteiger partial charge in [-0.15, -0.1) is 0 Å². The van der Waals surface area contributed by atoms with Crippen LogP contribution in [0.2, 0.25) is 10.0 Å². The van der Waals surface area contributed by atoms with Gasteiger partial charge >= 0.3 is 0 Å². The fourth-order valence-corrected chi connectivity index (χ4v) is 3.00. The number of halogens is 3. The van der Waals surface area contributed by atoms with Crippen LogP contribution in [-0.4, -0.2) is 5.91 Å². The lowest BCUT2D eigenvalue weighted by molar-refractivity contribution is -0.112. The maximum atomic E-state index is 13.7. The van der Waals surface area contributed by atoms with Gasteiger partial charge in [0.15, 0.2) is 0 Å². The van der Waals surface area contributed by atoms with Crippen molar-refractivity contribution in [2.45, 2.75) is 6.61 Å². The number of nitrogens with one attached hydrogen (secondary N) is 1. The van der Waals surface area contributed by atoms with E-state index in [0.29, 0.717) is 21.4 Å². The van der Waals surface area contributed by atoms with E-state index in [1.165, 1.54) is 24.3 Å². The molecule has 30 heavy (non-hydrogen) atoms. The van der Waals surface area contributed by atoms with Crippen molar-refractivity contribution in [3.8, 4) is 11.8 Å². The van der Waals surface area contributed by atoms with Gasteiger partial charge in [-0.05, 0) is 42.0 Å². The number of para-hydroxylation sites is 1. The van der Waals surface area contributed by atoms with Crippen LogP contribution in [0.5, 0.6) is 5.75 Å². The molecular formula is C23H15Cl2FN2O2. The van der Waals surface area contributed by atoms with Gasteiger partial charge in [0.1, 0.15) is 29.8 Å². The second-order valence-corrected chi connectivity index (χ2v) is 6.99. The van der Waals surface area contributed by atoms with Crippen LogP contribution in [0.3, 0.4) is 0 Å². The Morgan fingerprint density at radius 3 is 2.50 bits per heavy atom. The maximum Gasteiger partial charge on any atom is 0.266 e. The third kappa shape index (κ3) is 5.38. The van der Waals surface area contributed by atoms with Crippen LogP contribution in [0.15, 0.2) is 72.3 Å². The molecule has 4 nitrogen and oxygen atoms in total. The Morgan fingerprint density at radius 1 is 1.07 bits per heavy atom. The van der Waals surface area contributed by atoms with Crippen molar-refractivity contribution in [1.29, 1.82) is 5.26 Å². The van der Waals surface area contributed by atoms with Crippen molar-refractivity contribution >= 4 is 40.9 Å². The van der Waals surface area contributed by atoms with Gasteiger partial charge in [0.25, 0.3) is 5.91 Å². The minimum absolute atomic E-state index is 0.00926. The average Bonchev–Trinajstić information content (AvgIpc) is 2.74. The third-order valence-electron chi connectivity index (χ3n) is 4.10. The highest BCUT2D eigenvalue weighted by molar-refractivity contribution is 6.32. The van der Waals surface area contributed by atoms with E-state index in [4.69, 9.17) is 27.9 Å². The number of amides is 1. The second kappa shape index (κ2) is 9.93. The highest BCUT2D eigenvalue weighted by Crippen LogP contribution is 2.28. The lowest BCUT2D eigenvalue weighted by atomic mass is 10.1. The molecule has 0 aliphatic rings. The van der Waals surface area contributed by atoms with Gasteiger partial charge in [0.05, 0.1) is 10.7 Å². The van der Waals surface area contributed by atoms with E-state index >= 15 is 0 Å². The van der Waals surface area contributed by atoms with E-state index in [-0.39, 0.29) is 17.9 Å². The molecule has 0 spiro atoms. The van der Waals surface area contributed by atoms with E-state index in [1.807, 2.05) is 24.3 Å². The molecule has 1 N–H and O–H groups in total. The molecule has 3 aromatic rings. The van der Waals surface area contributed by atoms with Crippen LogP contribution in [-0.2, 0) is 11.4 Å². The smallest absolute Gasteiger partial charge is 0.266 e. The van der Waals surface area contributed by atoms with Gasteiger partial charge in [-0.1, -0.05) is 59.6 Å². The summed E-state index contributed by atoms with van der Waals surface area (Å²) in [5, 5.41) is 12.6. The fourth-order valence-electron chi connectivity index (χ4n) is 2.56. The highest BCUT2D eigenvalue weighted by Gasteiger charge is 2.12. The van der Waals surface area contributed by atoms with Crippen molar-refractivity contribution in [2.24, 2.45) is 0 Å². The van der Waals surface area contributed by atoms with E-state index < -0.39 is 11.7 Å². The summed E-state index contributed by atoms with van der Waals surface area (Å²) in [6.45, 7) is 0.239. The largest absolute Gasteiger partial charge is 0.487 e. The zero-order valence-electron chi connectivity index (χ0n) is 15.5. The van der Waals surface area contributed by atoms with Crippen LogP contribution < -0.4 is 10.1 Å². The van der Waals surface area contributed by atoms with E-state index in [0.717, 1.165) is 5.56 Å². The Bertz CT molecular complexity index is 1160. The lowest BCUT2D eigenvalue weighted by Gasteiger charge is -2.10.